The van der Waals surface area contributed by atoms with E-state index in [1.165, 1.54) is 0 Å². The summed E-state index contributed by atoms with van der Waals surface area (Å²) in [6.45, 7) is 18.5. The lowest BCUT2D eigenvalue weighted by Gasteiger charge is -2.47. The molecule has 0 unspecified atom stereocenters. The first kappa shape index (κ1) is 21.3. The molecule has 158 valence electrons. The van der Waals surface area contributed by atoms with Crippen LogP contribution in [0, 0.1) is 0 Å². The summed E-state index contributed by atoms with van der Waals surface area (Å²) < 4.78 is 17.4. The first-order chi connectivity index (χ1) is 13.1. The van der Waals surface area contributed by atoms with Gasteiger partial charge in [-0.05, 0) is 41.5 Å². The highest BCUT2D eigenvalue weighted by atomic mass is 16.5. The van der Waals surface area contributed by atoms with Crippen LogP contribution in [0.4, 0.5) is 0 Å². The smallest absolute Gasteiger partial charge is 0.234 e. The second-order valence-electron chi connectivity index (χ2n) is 9.80. The van der Waals surface area contributed by atoms with Crippen molar-refractivity contribution < 1.29 is 14.2 Å². The van der Waals surface area contributed by atoms with Gasteiger partial charge in [-0.2, -0.15) is 0 Å². The highest BCUT2D eigenvalue weighted by molar-refractivity contribution is 5.16. The van der Waals surface area contributed by atoms with Gasteiger partial charge in [-0.3, -0.25) is 9.80 Å². The maximum atomic E-state index is 5.87. The Morgan fingerprint density at radius 1 is 0.821 bits per heavy atom. The van der Waals surface area contributed by atoms with E-state index in [0.717, 1.165) is 32.6 Å². The van der Waals surface area contributed by atoms with Gasteiger partial charge in [0.1, 0.15) is 6.10 Å². The Balaban J connectivity index is 1.25. The molecule has 2 fully saturated rings. The second-order valence-corrected chi connectivity index (χ2v) is 9.80. The van der Waals surface area contributed by atoms with Gasteiger partial charge in [0.15, 0.2) is 0 Å². The van der Waals surface area contributed by atoms with Gasteiger partial charge in [-0.25, -0.2) is 0 Å². The average molecular weight is 393 g/mol. The number of aromatic nitrogens is 2. The van der Waals surface area contributed by atoms with Crippen molar-refractivity contribution in [2.45, 2.75) is 71.2 Å². The molecule has 2 aliphatic heterocycles. The van der Waals surface area contributed by atoms with Gasteiger partial charge in [0.2, 0.25) is 11.8 Å². The van der Waals surface area contributed by atoms with Crippen LogP contribution in [0.2, 0.25) is 0 Å². The third-order valence-corrected chi connectivity index (χ3v) is 5.39. The van der Waals surface area contributed by atoms with Crippen molar-refractivity contribution in [2.24, 2.45) is 0 Å². The molecule has 2 aliphatic rings. The van der Waals surface area contributed by atoms with Crippen LogP contribution in [0.25, 0.3) is 0 Å². The van der Waals surface area contributed by atoms with E-state index in [1.807, 2.05) is 12.1 Å². The van der Waals surface area contributed by atoms with Crippen molar-refractivity contribution in [3.8, 4) is 11.8 Å². The summed E-state index contributed by atoms with van der Waals surface area (Å²) in [7, 11) is 0. The maximum Gasteiger partial charge on any atom is 0.234 e. The summed E-state index contributed by atoms with van der Waals surface area (Å²) in [4.78, 5) is 4.81. The van der Waals surface area contributed by atoms with Crippen molar-refractivity contribution in [3.05, 3.63) is 12.1 Å². The van der Waals surface area contributed by atoms with E-state index in [0.29, 0.717) is 31.1 Å². The Labute approximate surface area is 169 Å². The first-order valence-corrected chi connectivity index (χ1v) is 10.4. The van der Waals surface area contributed by atoms with Crippen LogP contribution in [0.5, 0.6) is 11.8 Å². The maximum absolute atomic E-state index is 5.87. The highest BCUT2D eigenvalue weighted by Crippen LogP contribution is 2.24. The van der Waals surface area contributed by atoms with Gasteiger partial charge in [-0.1, -0.05) is 0 Å². The zero-order valence-corrected chi connectivity index (χ0v) is 18.3. The Hall–Kier alpha value is -1.44. The lowest BCUT2D eigenvalue weighted by atomic mass is 9.99. The topological polar surface area (TPSA) is 60.0 Å². The summed E-state index contributed by atoms with van der Waals surface area (Å²) in [5.41, 5.74) is 0.430. The normalized spacial score (nSPS) is 19.9. The van der Waals surface area contributed by atoms with Crippen LogP contribution in [0.3, 0.4) is 0 Å². The van der Waals surface area contributed by atoms with Crippen LogP contribution >= 0.6 is 0 Å². The van der Waals surface area contributed by atoms with Gasteiger partial charge in [0.05, 0.1) is 19.3 Å². The zero-order valence-electron chi connectivity index (χ0n) is 18.3. The Morgan fingerprint density at radius 3 is 1.89 bits per heavy atom. The number of likely N-dealkylation sites (tertiary alicyclic amines) is 2. The Bertz CT molecular complexity index is 612. The van der Waals surface area contributed by atoms with E-state index in [2.05, 4.69) is 61.5 Å². The molecule has 1 aromatic heterocycles. The van der Waals surface area contributed by atoms with Gasteiger partial charge in [-0.15, -0.1) is 10.2 Å². The molecule has 0 radical (unpaired) electrons. The largest absolute Gasteiger partial charge is 0.477 e. The predicted molar refractivity (Wildman–Crippen MR) is 109 cm³/mol. The summed E-state index contributed by atoms with van der Waals surface area (Å²) >= 11 is 0. The molecule has 0 aromatic carbocycles. The highest BCUT2D eigenvalue weighted by Gasteiger charge is 2.36. The van der Waals surface area contributed by atoms with E-state index in [-0.39, 0.29) is 17.2 Å². The minimum absolute atomic E-state index is 0.192. The molecule has 7 heteroatoms. The average Bonchev–Trinajstić information content (AvgIpc) is 2.50. The molecule has 2 saturated heterocycles. The summed E-state index contributed by atoms with van der Waals surface area (Å²) in [5.74, 6) is 1.09. The number of hydrogen-bond acceptors (Lipinski definition) is 7. The van der Waals surface area contributed by atoms with Crippen molar-refractivity contribution >= 4 is 0 Å². The van der Waals surface area contributed by atoms with Crippen LogP contribution in [-0.2, 0) is 4.74 Å². The molecule has 0 spiro atoms. The van der Waals surface area contributed by atoms with Crippen LogP contribution in [0.15, 0.2) is 12.1 Å². The first-order valence-electron chi connectivity index (χ1n) is 10.4. The molecular weight excluding hydrogens is 356 g/mol. The molecule has 28 heavy (non-hydrogen) atoms. The van der Waals surface area contributed by atoms with Crippen LogP contribution in [-0.4, -0.2) is 82.7 Å². The molecule has 0 bridgehead atoms. The molecule has 7 nitrogen and oxygen atoms in total. The molecule has 3 heterocycles. The van der Waals surface area contributed by atoms with Crippen molar-refractivity contribution in [1.29, 1.82) is 0 Å². The predicted octanol–water partition coefficient (Wildman–Crippen LogP) is 2.61. The molecule has 0 amide bonds. The van der Waals surface area contributed by atoms with E-state index in [9.17, 15) is 0 Å². The number of rotatable bonds is 8. The molecule has 0 aliphatic carbocycles. The summed E-state index contributed by atoms with van der Waals surface area (Å²) in [6, 6.07) is 3.64. The molecule has 0 atom stereocenters. The molecule has 1 aromatic rings. The van der Waals surface area contributed by atoms with Gasteiger partial charge in [0, 0.05) is 55.8 Å². The molecule has 3 rings (SSSR count). The Morgan fingerprint density at radius 2 is 1.36 bits per heavy atom. The van der Waals surface area contributed by atoms with Crippen molar-refractivity contribution in [1.82, 2.24) is 20.0 Å². The monoisotopic (exact) mass is 392 g/mol. The van der Waals surface area contributed by atoms with Gasteiger partial charge < -0.3 is 14.2 Å². The number of hydrogen-bond donors (Lipinski definition) is 0. The van der Waals surface area contributed by atoms with E-state index in [4.69, 9.17) is 14.2 Å². The number of nitrogens with zero attached hydrogens (tertiary/aromatic N) is 4. The molecule has 0 N–H and O–H groups in total. The van der Waals surface area contributed by atoms with Crippen molar-refractivity contribution in [2.75, 3.05) is 39.4 Å². The fraction of sp³-hybridized carbons (Fsp3) is 0.810. The van der Waals surface area contributed by atoms with E-state index < -0.39 is 0 Å². The molecular formula is C21H36N4O3. The quantitative estimate of drug-likeness (QED) is 0.630. The minimum atomic E-state index is 0.192. The Kier molecular flexibility index (Phi) is 6.47. The standard InChI is InChI=1S/C21H36N4O3/c1-20(2,3)24-12-16(13-24)26-10-7-11-27-18-8-9-19(23-22-18)28-17-14-25(15-17)21(4,5)6/h8-9,16-17H,7,10-15H2,1-6H3. The van der Waals surface area contributed by atoms with Gasteiger partial charge >= 0.3 is 0 Å². The fourth-order valence-electron chi connectivity index (χ4n) is 3.26. The minimum Gasteiger partial charge on any atom is -0.477 e. The SMILES string of the molecule is CC(C)(C)N1CC(OCCCOc2ccc(OC3CN(C(C)(C)C)C3)nn2)C1. The fourth-order valence-corrected chi connectivity index (χ4v) is 3.26. The lowest BCUT2D eigenvalue weighted by Crippen LogP contribution is -2.60. The number of ether oxygens (including phenoxy) is 3. The van der Waals surface area contributed by atoms with Crippen molar-refractivity contribution in [3.63, 3.8) is 0 Å². The second kappa shape index (κ2) is 8.51. The third-order valence-electron chi connectivity index (χ3n) is 5.39. The van der Waals surface area contributed by atoms with E-state index in [1.54, 1.807) is 0 Å². The third kappa shape index (κ3) is 5.78. The van der Waals surface area contributed by atoms with Crippen LogP contribution in [0.1, 0.15) is 48.0 Å². The summed E-state index contributed by atoms with van der Waals surface area (Å²) in [5, 5.41) is 8.21. The van der Waals surface area contributed by atoms with Gasteiger partial charge in [0.25, 0.3) is 0 Å². The molecule has 0 saturated carbocycles. The lowest BCUT2D eigenvalue weighted by molar-refractivity contribution is -0.0901. The zero-order chi connectivity index (χ0) is 20.4. The van der Waals surface area contributed by atoms with Crippen LogP contribution < -0.4 is 9.47 Å². The van der Waals surface area contributed by atoms with E-state index >= 15 is 0 Å². The summed E-state index contributed by atoms with van der Waals surface area (Å²) in [6.07, 6.45) is 1.39.